The summed E-state index contributed by atoms with van der Waals surface area (Å²) in [5.41, 5.74) is 1.07. The highest BCUT2D eigenvalue weighted by Gasteiger charge is 2.30. The van der Waals surface area contributed by atoms with Gasteiger partial charge in [-0.25, -0.2) is 12.8 Å². The fourth-order valence-corrected chi connectivity index (χ4v) is 3.93. The maximum atomic E-state index is 13.5. The smallest absolute Gasteiger partial charge is 0.243 e. The SMILES string of the molecule is Cc1ccccc1OC[C@H](C)NC(=O)[C@@H](C)N(c1cccc(F)c1)S(C)(=O)=O. The maximum Gasteiger partial charge on any atom is 0.243 e. The van der Waals surface area contributed by atoms with E-state index in [9.17, 15) is 17.6 Å². The molecule has 6 nitrogen and oxygen atoms in total. The predicted octanol–water partition coefficient (Wildman–Crippen LogP) is 2.87. The van der Waals surface area contributed by atoms with Gasteiger partial charge < -0.3 is 10.1 Å². The van der Waals surface area contributed by atoms with Gasteiger partial charge >= 0.3 is 0 Å². The molecule has 28 heavy (non-hydrogen) atoms. The number of benzene rings is 2. The molecule has 0 unspecified atom stereocenters. The highest BCUT2D eigenvalue weighted by molar-refractivity contribution is 7.92. The number of nitrogens with one attached hydrogen (secondary N) is 1. The van der Waals surface area contributed by atoms with Crippen LogP contribution in [0.5, 0.6) is 5.75 Å². The van der Waals surface area contributed by atoms with Crippen molar-refractivity contribution in [2.45, 2.75) is 32.9 Å². The Morgan fingerprint density at radius 3 is 2.46 bits per heavy atom. The molecule has 0 saturated carbocycles. The van der Waals surface area contributed by atoms with Crippen molar-refractivity contribution in [2.24, 2.45) is 0 Å². The van der Waals surface area contributed by atoms with E-state index in [1.807, 2.05) is 31.2 Å². The summed E-state index contributed by atoms with van der Waals surface area (Å²) in [6.45, 7) is 5.36. The van der Waals surface area contributed by atoms with Crippen LogP contribution in [0.3, 0.4) is 0 Å². The summed E-state index contributed by atoms with van der Waals surface area (Å²) >= 11 is 0. The van der Waals surface area contributed by atoms with Crippen molar-refractivity contribution >= 4 is 21.6 Å². The van der Waals surface area contributed by atoms with E-state index < -0.39 is 27.8 Å². The second-order valence-electron chi connectivity index (χ2n) is 6.70. The second-order valence-corrected chi connectivity index (χ2v) is 8.56. The number of para-hydroxylation sites is 1. The molecule has 0 aliphatic carbocycles. The Morgan fingerprint density at radius 2 is 1.86 bits per heavy atom. The topological polar surface area (TPSA) is 75.7 Å². The molecule has 0 heterocycles. The lowest BCUT2D eigenvalue weighted by molar-refractivity contribution is -0.122. The predicted molar refractivity (Wildman–Crippen MR) is 107 cm³/mol. The second kappa shape index (κ2) is 9.05. The summed E-state index contributed by atoms with van der Waals surface area (Å²) in [4.78, 5) is 12.6. The molecule has 2 aromatic carbocycles. The Balaban J connectivity index is 2.07. The number of rotatable bonds is 8. The number of anilines is 1. The number of carbonyl (C=O) groups is 1. The normalized spacial score (nSPS) is 13.5. The molecule has 0 bridgehead atoms. The number of halogens is 1. The summed E-state index contributed by atoms with van der Waals surface area (Å²) in [6.07, 6.45) is 0.979. The maximum absolute atomic E-state index is 13.5. The zero-order chi connectivity index (χ0) is 20.9. The first-order valence-electron chi connectivity index (χ1n) is 8.83. The van der Waals surface area contributed by atoms with Crippen molar-refractivity contribution in [3.05, 3.63) is 59.9 Å². The zero-order valence-electron chi connectivity index (χ0n) is 16.3. The summed E-state index contributed by atoms with van der Waals surface area (Å²) in [6, 6.07) is 11.2. The number of amides is 1. The molecule has 2 atom stereocenters. The van der Waals surface area contributed by atoms with Gasteiger partial charge in [0, 0.05) is 0 Å². The Labute approximate surface area is 165 Å². The molecule has 0 saturated heterocycles. The molecule has 8 heteroatoms. The molecular weight excluding hydrogens is 383 g/mol. The van der Waals surface area contributed by atoms with E-state index in [4.69, 9.17) is 4.74 Å². The fourth-order valence-electron chi connectivity index (χ4n) is 2.76. The van der Waals surface area contributed by atoms with Gasteiger partial charge in [0.2, 0.25) is 15.9 Å². The zero-order valence-corrected chi connectivity index (χ0v) is 17.2. The Bertz CT molecular complexity index is 933. The highest BCUT2D eigenvalue weighted by Crippen LogP contribution is 2.22. The van der Waals surface area contributed by atoms with Gasteiger partial charge in [-0.1, -0.05) is 24.3 Å². The first kappa shape index (κ1) is 21.7. The van der Waals surface area contributed by atoms with Crippen LogP contribution in [-0.2, 0) is 14.8 Å². The molecule has 0 fully saturated rings. The average molecular weight is 408 g/mol. The van der Waals surface area contributed by atoms with Gasteiger partial charge in [0.15, 0.2) is 0 Å². The molecule has 152 valence electrons. The van der Waals surface area contributed by atoms with E-state index in [-0.39, 0.29) is 18.3 Å². The van der Waals surface area contributed by atoms with Gasteiger partial charge in [0.05, 0.1) is 18.0 Å². The minimum atomic E-state index is -3.80. The van der Waals surface area contributed by atoms with Crippen LogP contribution in [0.1, 0.15) is 19.4 Å². The minimum Gasteiger partial charge on any atom is -0.491 e. The molecular formula is C20H25FN2O4S. The molecule has 0 aromatic heterocycles. The van der Waals surface area contributed by atoms with Crippen LogP contribution >= 0.6 is 0 Å². The van der Waals surface area contributed by atoms with E-state index in [0.29, 0.717) is 5.75 Å². The number of hydrogen-bond acceptors (Lipinski definition) is 4. The van der Waals surface area contributed by atoms with Gasteiger partial charge in [-0.15, -0.1) is 0 Å². The molecule has 0 aliphatic heterocycles. The Hall–Kier alpha value is -2.61. The summed E-state index contributed by atoms with van der Waals surface area (Å²) in [7, 11) is -3.80. The molecule has 2 aromatic rings. The third kappa shape index (κ3) is 5.69. The van der Waals surface area contributed by atoms with Gasteiger partial charge in [-0.3, -0.25) is 9.10 Å². The summed E-state index contributed by atoms with van der Waals surface area (Å²) in [5.74, 6) is -0.372. The summed E-state index contributed by atoms with van der Waals surface area (Å²) in [5, 5.41) is 2.74. The monoisotopic (exact) mass is 408 g/mol. The molecule has 0 radical (unpaired) electrons. The van der Waals surface area contributed by atoms with Crippen molar-refractivity contribution in [3.8, 4) is 5.75 Å². The third-order valence-corrected chi connectivity index (χ3v) is 5.36. The van der Waals surface area contributed by atoms with Crippen LogP contribution in [0.2, 0.25) is 0 Å². The highest BCUT2D eigenvalue weighted by atomic mass is 32.2. The molecule has 1 amide bonds. The van der Waals surface area contributed by atoms with Crippen LogP contribution in [0, 0.1) is 12.7 Å². The first-order chi connectivity index (χ1) is 13.1. The van der Waals surface area contributed by atoms with Crippen molar-refractivity contribution in [2.75, 3.05) is 17.2 Å². The van der Waals surface area contributed by atoms with Crippen molar-refractivity contribution in [1.29, 1.82) is 0 Å². The summed E-state index contributed by atoms with van der Waals surface area (Å²) < 4.78 is 44.6. The number of hydrogen-bond donors (Lipinski definition) is 1. The fraction of sp³-hybridized carbons (Fsp3) is 0.350. The van der Waals surface area contributed by atoms with Crippen molar-refractivity contribution in [3.63, 3.8) is 0 Å². The minimum absolute atomic E-state index is 0.0916. The van der Waals surface area contributed by atoms with Crippen LogP contribution in [0.4, 0.5) is 10.1 Å². The molecule has 0 spiro atoms. The molecule has 0 aliphatic rings. The van der Waals surface area contributed by atoms with E-state index in [1.54, 1.807) is 6.92 Å². The van der Waals surface area contributed by atoms with Gasteiger partial charge in [0.25, 0.3) is 0 Å². The van der Waals surface area contributed by atoms with Crippen LogP contribution in [0.25, 0.3) is 0 Å². The standard InChI is InChI=1S/C20H25FN2O4S/c1-14-8-5-6-11-19(14)27-13-15(2)22-20(24)16(3)23(28(4,25)26)18-10-7-9-17(21)12-18/h5-12,15-16H,13H2,1-4H3,(H,22,24)/t15-,16+/m0/s1. The number of carbonyl (C=O) groups excluding carboxylic acids is 1. The van der Waals surface area contributed by atoms with Gasteiger partial charge in [-0.05, 0) is 50.6 Å². The quantitative estimate of drug-likeness (QED) is 0.729. The van der Waals surface area contributed by atoms with E-state index in [0.717, 1.165) is 22.2 Å². The van der Waals surface area contributed by atoms with Crippen LogP contribution in [0.15, 0.2) is 48.5 Å². The number of nitrogens with zero attached hydrogens (tertiary/aromatic N) is 1. The van der Waals surface area contributed by atoms with Crippen LogP contribution < -0.4 is 14.4 Å². The number of ether oxygens (including phenoxy) is 1. The largest absolute Gasteiger partial charge is 0.491 e. The van der Waals surface area contributed by atoms with E-state index in [2.05, 4.69) is 5.32 Å². The van der Waals surface area contributed by atoms with Crippen LogP contribution in [-0.4, -0.2) is 39.3 Å². The lowest BCUT2D eigenvalue weighted by atomic mass is 10.2. The van der Waals surface area contributed by atoms with Crippen molar-refractivity contribution in [1.82, 2.24) is 5.32 Å². The Kier molecular flexibility index (Phi) is 7.01. The average Bonchev–Trinajstić information content (AvgIpc) is 2.60. The molecule has 1 N–H and O–H groups in total. The van der Waals surface area contributed by atoms with Gasteiger partial charge in [-0.2, -0.15) is 0 Å². The van der Waals surface area contributed by atoms with E-state index >= 15 is 0 Å². The number of sulfonamides is 1. The molecule has 2 rings (SSSR count). The first-order valence-corrected chi connectivity index (χ1v) is 10.7. The lowest BCUT2D eigenvalue weighted by Crippen LogP contribution is -2.50. The third-order valence-electron chi connectivity index (χ3n) is 4.12. The van der Waals surface area contributed by atoms with E-state index in [1.165, 1.54) is 25.1 Å². The number of aryl methyl sites for hydroxylation is 1. The Morgan fingerprint density at radius 1 is 1.18 bits per heavy atom. The van der Waals surface area contributed by atoms with Crippen molar-refractivity contribution < 1.29 is 22.3 Å². The lowest BCUT2D eigenvalue weighted by Gasteiger charge is -2.29. The van der Waals surface area contributed by atoms with Gasteiger partial charge in [0.1, 0.15) is 24.2 Å².